The quantitative estimate of drug-likeness (QED) is 0.770. The topological polar surface area (TPSA) is 50.7 Å². The summed E-state index contributed by atoms with van der Waals surface area (Å²) in [5, 5.41) is 12.5. The van der Waals surface area contributed by atoms with E-state index in [-0.39, 0.29) is 24.9 Å². The first-order chi connectivity index (χ1) is 9.06. The fourth-order valence-corrected chi connectivity index (χ4v) is 1.72. The van der Waals surface area contributed by atoms with Crippen LogP contribution in [0.25, 0.3) is 0 Å². The molecule has 0 aromatic heterocycles. The minimum absolute atomic E-state index is 0.0565. The molecule has 1 unspecified atom stereocenters. The number of aliphatic hydroxyl groups is 1. The Morgan fingerprint density at radius 1 is 1.42 bits per heavy atom. The van der Waals surface area contributed by atoms with Gasteiger partial charge >= 0.3 is 6.61 Å². The Morgan fingerprint density at radius 2 is 2.16 bits per heavy atom. The first-order valence-corrected chi connectivity index (χ1v) is 6.01. The summed E-state index contributed by atoms with van der Waals surface area (Å²) in [6.45, 7) is -2.48. The molecular formula is C12H16ClF2NO3. The van der Waals surface area contributed by atoms with E-state index in [9.17, 15) is 8.78 Å². The van der Waals surface area contributed by atoms with E-state index < -0.39 is 6.61 Å². The van der Waals surface area contributed by atoms with Crippen molar-refractivity contribution in [3.8, 4) is 5.75 Å². The highest BCUT2D eigenvalue weighted by molar-refractivity contribution is 6.30. The van der Waals surface area contributed by atoms with Crippen LogP contribution in [0.1, 0.15) is 5.56 Å². The van der Waals surface area contributed by atoms with Crippen LogP contribution < -0.4 is 10.1 Å². The number of aliphatic hydroxyl groups excluding tert-OH is 1. The summed E-state index contributed by atoms with van der Waals surface area (Å²) in [7, 11) is 1.51. The highest BCUT2D eigenvalue weighted by Gasteiger charge is 2.12. The monoisotopic (exact) mass is 295 g/mol. The van der Waals surface area contributed by atoms with Gasteiger partial charge in [-0.05, 0) is 18.2 Å². The fourth-order valence-electron chi connectivity index (χ4n) is 1.53. The first-order valence-electron chi connectivity index (χ1n) is 5.63. The van der Waals surface area contributed by atoms with E-state index in [0.29, 0.717) is 17.2 Å². The molecule has 2 N–H and O–H groups in total. The van der Waals surface area contributed by atoms with Crippen LogP contribution in [0.15, 0.2) is 18.2 Å². The summed E-state index contributed by atoms with van der Waals surface area (Å²) in [4.78, 5) is 0. The van der Waals surface area contributed by atoms with Gasteiger partial charge in [0.15, 0.2) is 0 Å². The third-order valence-corrected chi connectivity index (χ3v) is 2.64. The molecule has 0 fully saturated rings. The molecule has 0 saturated heterocycles. The normalized spacial score (nSPS) is 12.7. The molecule has 1 aromatic carbocycles. The summed E-state index contributed by atoms with van der Waals surface area (Å²) < 4.78 is 33.8. The van der Waals surface area contributed by atoms with E-state index in [0.717, 1.165) is 0 Å². The molecule has 108 valence electrons. The molecule has 0 radical (unpaired) electrons. The second kappa shape index (κ2) is 8.27. The second-order valence-corrected chi connectivity index (χ2v) is 4.28. The number of ether oxygens (including phenoxy) is 2. The van der Waals surface area contributed by atoms with Crippen LogP contribution in [0.2, 0.25) is 5.02 Å². The Morgan fingerprint density at radius 3 is 2.74 bits per heavy atom. The van der Waals surface area contributed by atoms with Gasteiger partial charge in [-0.25, -0.2) is 0 Å². The lowest BCUT2D eigenvalue weighted by atomic mass is 10.2. The van der Waals surface area contributed by atoms with Crippen molar-refractivity contribution in [2.75, 3.05) is 20.3 Å². The molecule has 0 aliphatic heterocycles. The van der Waals surface area contributed by atoms with Crippen LogP contribution in [0.5, 0.6) is 5.75 Å². The Kier molecular flexibility index (Phi) is 7.01. The lowest BCUT2D eigenvalue weighted by Crippen LogP contribution is -2.36. The van der Waals surface area contributed by atoms with Crippen LogP contribution in [0.4, 0.5) is 8.78 Å². The minimum atomic E-state index is -2.90. The Labute approximate surface area is 115 Å². The molecule has 0 aliphatic carbocycles. The van der Waals surface area contributed by atoms with Crippen LogP contribution >= 0.6 is 11.6 Å². The Balaban J connectivity index is 2.71. The summed E-state index contributed by atoms with van der Waals surface area (Å²) >= 11 is 5.82. The molecule has 0 heterocycles. The molecule has 1 atom stereocenters. The lowest BCUT2D eigenvalue weighted by molar-refractivity contribution is -0.0505. The van der Waals surface area contributed by atoms with Gasteiger partial charge in [-0.15, -0.1) is 0 Å². The smallest absolute Gasteiger partial charge is 0.387 e. The average molecular weight is 296 g/mol. The average Bonchev–Trinajstić information content (AvgIpc) is 2.36. The van der Waals surface area contributed by atoms with Gasteiger partial charge < -0.3 is 19.9 Å². The van der Waals surface area contributed by atoms with Gasteiger partial charge in [0.2, 0.25) is 0 Å². The third-order valence-electron chi connectivity index (χ3n) is 2.41. The maximum Gasteiger partial charge on any atom is 0.387 e. The standard InChI is InChI=1S/C12H16ClF2NO3/c1-18-7-10(6-17)16-5-8-4-9(13)2-3-11(8)19-12(14)15/h2-4,10,12,16-17H,5-7H2,1H3. The van der Waals surface area contributed by atoms with Crippen LogP contribution in [0.3, 0.4) is 0 Å². The molecular weight excluding hydrogens is 280 g/mol. The zero-order valence-electron chi connectivity index (χ0n) is 10.4. The van der Waals surface area contributed by atoms with Gasteiger partial charge in [0.25, 0.3) is 0 Å². The maximum atomic E-state index is 12.3. The predicted octanol–water partition coefficient (Wildman–Crippen LogP) is 2.04. The van der Waals surface area contributed by atoms with Crippen molar-refractivity contribution in [3.05, 3.63) is 28.8 Å². The van der Waals surface area contributed by atoms with Crippen LogP contribution in [-0.4, -0.2) is 38.1 Å². The van der Waals surface area contributed by atoms with Crippen LogP contribution in [-0.2, 0) is 11.3 Å². The van der Waals surface area contributed by atoms with E-state index in [1.54, 1.807) is 0 Å². The summed E-state index contributed by atoms with van der Waals surface area (Å²) in [6.07, 6.45) is 0. The Hall–Kier alpha value is -0.950. The van der Waals surface area contributed by atoms with Gasteiger partial charge in [0.1, 0.15) is 5.75 Å². The van der Waals surface area contributed by atoms with Crippen molar-refractivity contribution in [1.82, 2.24) is 5.32 Å². The molecule has 19 heavy (non-hydrogen) atoms. The van der Waals surface area contributed by atoms with Gasteiger partial charge in [-0.3, -0.25) is 0 Å². The Bertz CT molecular complexity index is 393. The molecule has 0 aliphatic rings. The van der Waals surface area contributed by atoms with Crippen molar-refractivity contribution in [2.24, 2.45) is 0 Å². The summed E-state index contributed by atoms with van der Waals surface area (Å²) in [6, 6.07) is 4.11. The van der Waals surface area contributed by atoms with E-state index in [1.165, 1.54) is 25.3 Å². The summed E-state index contributed by atoms with van der Waals surface area (Å²) in [5.74, 6) is 0.0565. The maximum absolute atomic E-state index is 12.3. The number of methoxy groups -OCH3 is 1. The number of alkyl halides is 2. The molecule has 1 rings (SSSR count). The number of benzene rings is 1. The second-order valence-electron chi connectivity index (χ2n) is 3.85. The molecule has 1 aromatic rings. The minimum Gasteiger partial charge on any atom is -0.434 e. The lowest BCUT2D eigenvalue weighted by Gasteiger charge is -2.17. The van der Waals surface area contributed by atoms with Crippen molar-refractivity contribution in [3.63, 3.8) is 0 Å². The number of halogens is 3. The molecule has 4 nitrogen and oxygen atoms in total. The van der Waals surface area contributed by atoms with Gasteiger partial charge in [0, 0.05) is 24.2 Å². The van der Waals surface area contributed by atoms with E-state index in [4.69, 9.17) is 21.4 Å². The van der Waals surface area contributed by atoms with Crippen LogP contribution in [0, 0.1) is 0 Å². The highest BCUT2D eigenvalue weighted by Crippen LogP contribution is 2.24. The number of nitrogens with one attached hydrogen (secondary N) is 1. The van der Waals surface area contributed by atoms with Crippen molar-refractivity contribution < 1.29 is 23.4 Å². The van der Waals surface area contributed by atoms with Gasteiger partial charge in [0.05, 0.1) is 19.3 Å². The van der Waals surface area contributed by atoms with E-state index >= 15 is 0 Å². The first kappa shape index (κ1) is 16.1. The zero-order valence-corrected chi connectivity index (χ0v) is 11.2. The summed E-state index contributed by atoms with van der Waals surface area (Å²) in [5.41, 5.74) is 0.488. The van der Waals surface area contributed by atoms with Gasteiger partial charge in [-0.1, -0.05) is 11.6 Å². The number of hydrogen-bond donors (Lipinski definition) is 2. The molecule has 0 bridgehead atoms. The highest BCUT2D eigenvalue weighted by atomic mass is 35.5. The van der Waals surface area contributed by atoms with E-state index in [2.05, 4.69) is 10.1 Å². The van der Waals surface area contributed by atoms with E-state index in [1.807, 2.05) is 0 Å². The fraction of sp³-hybridized carbons (Fsp3) is 0.500. The number of rotatable bonds is 8. The molecule has 0 amide bonds. The largest absolute Gasteiger partial charge is 0.434 e. The van der Waals surface area contributed by atoms with Crippen molar-refractivity contribution in [1.29, 1.82) is 0 Å². The molecule has 0 saturated carbocycles. The molecule has 7 heteroatoms. The SMILES string of the molecule is COCC(CO)NCc1cc(Cl)ccc1OC(F)F. The van der Waals surface area contributed by atoms with Crippen molar-refractivity contribution >= 4 is 11.6 Å². The number of hydrogen-bond acceptors (Lipinski definition) is 4. The third kappa shape index (κ3) is 5.69. The molecule has 0 spiro atoms. The van der Waals surface area contributed by atoms with Gasteiger partial charge in [-0.2, -0.15) is 8.78 Å². The zero-order chi connectivity index (χ0) is 14.3. The predicted molar refractivity (Wildman–Crippen MR) is 67.7 cm³/mol. The van der Waals surface area contributed by atoms with Crippen molar-refractivity contribution in [2.45, 2.75) is 19.2 Å².